The number of rotatable bonds is 5. The number of ketones is 1. The summed E-state index contributed by atoms with van der Waals surface area (Å²) in [5, 5.41) is 0. The van der Waals surface area contributed by atoms with Crippen molar-refractivity contribution in [2.24, 2.45) is 11.8 Å². The smallest absolute Gasteiger partial charge is 0.338 e. The summed E-state index contributed by atoms with van der Waals surface area (Å²) >= 11 is 0. The quantitative estimate of drug-likeness (QED) is 0.497. The van der Waals surface area contributed by atoms with Crippen molar-refractivity contribution in [2.75, 3.05) is 24.5 Å². The lowest BCUT2D eigenvalue weighted by molar-refractivity contribution is -0.184. The number of fused-ring (bicyclic) bond motifs is 2. The Kier molecular flexibility index (Phi) is 6.79. The summed E-state index contributed by atoms with van der Waals surface area (Å²) in [6, 6.07) is 7.80. The van der Waals surface area contributed by atoms with Gasteiger partial charge in [-0.15, -0.1) is 0 Å². The molecule has 5 rings (SSSR count). The third-order valence-electron chi connectivity index (χ3n) is 7.85. The number of Topliss-reactive ketones (excluding diaryl/α,β-unsaturated/α-hetero) is 1. The van der Waals surface area contributed by atoms with E-state index in [1.165, 1.54) is 11.1 Å². The molecule has 36 heavy (non-hydrogen) atoms. The zero-order valence-corrected chi connectivity index (χ0v) is 20.6. The molecule has 0 N–H and O–H groups in total. The molecule has 1 unspecified atom stereocenters. The molecule has 3 heterocycles. The maximum absolute atomic E-state index is 13.2. The summed E-state index contributed by atoms with van der Waals surface area (Å²) in [4.78, 5) is 33.9. The van der Waals surface area contributed by atoms with E-state index in [0.717, 1.165) is 73.3 Å². The molecule has 2 aliphatic heterocycles. The predicted octanol–water partition coefficient (Wildman–Crippen LogP) is 6.13. The Labute approximate surface area is 209 Å². The Morgan fingerprint density at radius 3 is 2.75 bits per heavy atom. The minimum Gasteiger partial charge on any atom is -0.338 e. The van der Waals surface area contributed by atoms with Gasteiger partial charge in [-0.1, -0.05) is 19.8 Å². The molecule has 1 aromatic carbocycles. The van der Waals surface area contributed by atoms with Gasteiger partial charge in [-0.2, -0.15) is 13.2 Å². The molecule has 0 bridgehead atoms. The van der Waals surface area contributed by atoms with Crippen molar-refractivity contribution >= 4 is 23.2 Å². The molecule has 1 saturated heterocycles. The van der Waals surface area contributed by atoms with Crippen LogP contribution in [0.15, 0.2) is 30.5 Å². The highest BCUT2D eigenvalue weighted by atomic mass is 19.4. The van der Waals surface area contributed by atoms with E-state index in [2.05, 4.69) is 22.9 Å². The number of hydrogen-bond donors (Lipinski definition) is 0. The second-order valence-electron chi connectivity index (χ2n) is 10.3. The van der Waals surface area contributed by atoms with Crippen LogP contribution < -0.4 is 4.90 Å². The maximum Gasteiger partial charge on any atom is 0.393 e. The standard InChI is InChI=1S/C28H32F3N3O2/c1-2-3-6-18-13-20-15-23(9-10-24(20)25(18)35)34-12-4-7-19-14-21(16-32-26(19)34)27(36)33-11-5-8-22(17-33)28(29,30)31/h9-10,14-16,18,22H,2-8,11-13,17H2,1H3/t18?,22-/m1/s1. The number of alkyl halides is 3. The topological polar surface area (TPSA) is 53.5 Å². The van der Waals surface area contributed by atoms with Crippen molar-refractivity contribution < 1.29 is 22.8 Å². The number of amides is 1. The van der Waals surface area contributed by atoms with Crippen LogP contribution in [0.5, 0.6) is 0 Å². The Morgan fingerprint density at radius 1 is 1.14 bits per heavy atom. The van der Waals surface area contributed by atoms with Crippen LogP contribution >= 0.6 is 0 Å². The summed E-state index contributed by atoms with van der Waals surface area (Å²) in [5.74, 6) is -0.760. The molecule has 1 aliphatic carbocycles. The summed E-state index contributed by atoms with van der Waals surface area (Å²) in [6.07, 6.45) is 3.08. The molecule has 0 saturated carbocycles. The fraction of sp³-hybridized carbons (Fsp3) is 0.536. The molecule has 1 amide bonds. The van der Waals surface area contributed by atoms with Crippen molar-refractivity contribution in [1.82, 2.24) is 9.88 Å². The lowest BCUT2D eigenvalue weighted by Crippen LogP contribution is -2.44. The number of piperidine rings is 1. The molecule has 5 nitrogen and oxygen atoms in total. The number of carbonyl (C=O) groups is 2. The lowest BCUT2D eigenvalue weighted by Gasteiger charge is -2.34. The van der Waals surface area contributed by atoms with Gasteiger partial charge in [-0.25, -0.2) is 4.98 Å². The fourth-order valence-corrected chi connectivity index (χ4v) is 5.86. The van der Waals surface area contributed by atoms with E-state index in [-0.39, 0.29) is 30.6 Å². The minimum atomic E-state index is -4.29. The van der Waals surface area contributed by atoms with Gasteiger partial charge in [-0.3, -0.25) is 9.59 Å². The van der Waals surface area contributed by atoms with Crippen LogP contribution in [0.25, 0.3) is 0 Å². The van der Waals surface area contributed by atoms with Crippen LogP contribution in [0, 0.1) is 11.8 Å². The SMILES string of the molecule is CCCCC1Cc2cc(N3CCCc4cc(C(=O)N5CCC[C@@H](C(F)(F)F)C5)cnc43)ccc2C1=O. The van der Waals surface area contributed by atoms with Crippen LogP contribution in [0.4, 0.5) is 24.7 Å². The van der Waals surface area contributed by atoms with Crippen molar-refractivity contribution in [1.29, 1.82) is 0 Å². The predicted molar refractivity (Wildman–Crippen MR) is 132 cm³/mol. The molecule has 192 valence electrons. The zero-order valence-electron chi connectivity index (χ0n) is 20.6. The highest BCUT2D eigenvalue weighted by Crippen LogP contribution is 2.38. The van der Waals surface area contributed by atoms with Crippen molar-refractivity contribution in [3.8, 4) is 0 Å². The van der Waals surface area contributed by atoms with Gasteiger partial charge in [0.25, 0.3) is 5.91 Å². The van der Waals surface area contributed by atoms with Gasteiger partial charge in [0.1, 0.15) is 5.82 Å². The van der Waals surface area contributed by atoms with Gasteiger partial charge in [0, 0.05) is 43.0 Å². The number of carbonyl (C=O) groups excluding carboxylic acids is 2. The van der Waals surface area contributed by atoms with Crippen molar-refractivity contribution in [3.05, 3.63) is 52.7 Å². The van der Waals surface area contributed by atoms with Gasteiger partial charge in [-0.05, 0) is 73.9 Å². The number of halogens is 3. The third-order valence-corrected chi connectivity index (χ3v) is 7.85. The first-order valence-electron chi connectivity index (χ1n) is 13.1. The van der Waals surface area contributed by atoms with Crippen molar-refractivity contribution in [2.45, 2.75) is 64.5 Å². The molecular weight excluding hydrogens is 467 g/mol. The van der Waals surface area contributed by atoms with Crippen LogP contribution in [-0.4, -0.2) is 47.4 Å². The van der Waals surface area contributed by atoms with E-state index in [1.54, 1.807) is 6.07 Å². The van der Waals surface area contributed by atoms with E-state index in [9.17, 15) is 22.8 Å². The normalized spacial score (nSPS) is 21.9. The zero-order chi connectivity index (χ0) is 25.4. The number of aromatic nitrogens is 1. The third kappa shape index (κ3) is 4.74. The van der Waals surface area contributed by atoms with E-state index in [1.807, 2.05) is 12.1 Å². The average Bonchev–Trinajstić information content (AvgIpc) is 3.20. The largest absolute Gasteiger partial charge is 0.393 e. The number of unbranched alkanes of at least 4 members (excludes halogenated alkanes) is 1. The first-order chi connectivity index (χ1) is 17.3. The van der Waals surface area contributed by atoms with E-state index in [4.69, 9.17) is 0 Å². The number of pyridine rings is 1. The molecule has 8 heteroatoms. The molecule has 1 fully saturated rings. The summed E-state index contributed by atoms with van der Waals surface area (Å²) in [5.41, 5.74) is 4.16. The van der Waals surface area contributed by atoms with Crippen LogP contribution in [0.3, 0.4) is 0 Å². The van der Waals surface area contributed by atoms with E-state index >= 15 is 0 Å². The highest BCUT2D eigenvalue weighted by molar-refractivity contribution is 6.02. The number of hydrogen-bond acceptors (Lipinski definition) is 4. The molecule has 0 radical (unpaired) electrons. The molecule has 1 aromatic heterocycles. The minimum absolute atomic E-state index is 0.0659. The Morgan fingerprint density at radius 2 is 1.97 bits per heavy atom. The van der Waals surface area contributed by atoms with Crippen molar-refractivity contribution in [3.63, 3.8) is 0 Å². The van der Waals surface area contributed by atoms with Gasteiger partial charge in [0.15, 0.2) is 5.78 Å². The number of anilines is 2. The second-order valence-corrected chi connectivity index (χ2v) is 10.3. The fourth-order valence-electron chi connectivity index (χ4n) is 5.86. The number of nitrogens with zero attached hydrogens (tertiary/aromatic N) is 3. The van der Waals surface area contributed by atoms with Gasteiger partial charge in [0.2, 0.25) is 0 Å². The maximum atomic E-state index is 13.2. The summed E-state index contributed by atoms with van der Waals surface area (Å²) in [7, 11) is 0. The summed E-state index contributed by atoms with van der Waals surface area (Å²) in [6.45, 7) is 2.95. The first-order valence-corrected chi connectivity index (χ1v) is 13.1. The Bertz CT molecular complexity index is 1160. The van der Waals surface area contributed by atoms with E-state index < -0.39 is 12.1 Å². The Balaban J connectivity index is 1.35. The second kappa shape index (κ2) is 9.87. The Hall–Kier alpha value is -2.90. The average molecular weight is 500 g/mol. The lowest BCUT2D eigenvalue weighted by atomic mass is 9.96. The monoisotopic (exact) mass is 499 g/mol. The molecule has 2 atom stereocenters. The van der Waals surface area contributed by atoms with Crippen LogP contribution in [0.1, 0.15) is 77.3 Å². The molecular formula is C28H32F3N3O2. The van der Waals surface area contributed by atoms with E-state index in [0.29, 0.717) is 18.5 Å². The molecule has 3 aliphatic rings. The number of aryl methyl sites for hydroxylation is 1. The summed E-state index contributed by atoms with van der Waals surface area (Å²) < 4.78 is 39.6. The number of likely N-dealkylation sites (tertiary alicyclic amines) is 1. The van der Waals surface area contributed by atoms with Gasteiger partial charge in [0.05, 0.1) is 11.5 Å². The molecule has 0 spiro atoms. The van der Waals surface area contributed by atoms with Gasteiger partial charge < -0.3 is 9.80 Å². The van der Waals surface area contributed by atoms with Gasteiger partial charge >= 0.3 is 6.18 Å². The van der Waals surface area contributed by atoms with Crippen LogP contribution in [0.2, 0.25) is 0 Å². The number of benzene rings is 1. The van der Waals surface area contributed by atoms with Crippen LogP contribution in [-0.2, 0) is 12.8 Å². The highest BCUT2D eigenvalue weighted by Gasteiger charge is 2.43. The molecule has 2 aromatic rings. The first kappa shape index (κ1) is 24.8.